The molecule has 0 spiro atoms. The van der Waals surface area contributed by atoms with Crippen molar-refractivity contribution < 1.29 is 0 Å². The number of nitrogens with one attached hydrogen (secondary N) is 1. The lowest BCUT2D eigenvalue weighted by atomic mass is 10.1. The first kappa shape index (κ1) is 9.96. The molecule has 0 aromatic rings. The molecule has 0 aliphatic heterocycles. The van der Waals surface area contributed by atoms with Crippen molar-refractivity contribution in [1.82, 2.24) is 5.32 Å². The van der Waals surface area contributed by atoms with Crippen LogP contribution in [0.4, 0.5) is 0 Å². The zero-order chi connectivity index (χ0) is 7.98. The fourth-order valence-corrected chi connectivity index (χ4v) is 1.12. The van der Waals surface area contributed by atoms with Gasteiger partial charge in [-0.2, -0.15) is 0 Å². The van der Waals surface area contributed by atoms with Gasteiger partial charge in [-0.25, -0.2) is 0 Å². The van der Waals surface area contributed by atoms with E-state index in [-0.39, 0.29) is 0 Å². The van der Waals surface area contributed by atoms with E-state index in [2.05, 4.69) is 33.0 Å². The van der Waals surface area contributed by atoms with Gasteiger partial charge in [-0.3, -0.25) is 0 Å². The summed E-state index contributed by atoms with van der Waals surface area (Å²) in [6.07, 6.45) is 3.81. The van der Waals surface area contributed by atoms with Gasteiger partial charge in [0, 0.05) is 12.1 Å². The maximum Gasteiger partial charge on any atom is 0.00410 e. The average molecular weight is 143 g/mol. The van der Waals surface area contributed by atoms with Crippen LogP contribution in [0, 0.1) is 0 Å². The van der Waals surface area contributed by atoms with Crippen molar-refractivity contribution in [3.05, 3.63) is 0 Å². The van der Waals surface area contributed by atoms with Gasteiger partial charge in [0.25, 0.3) is 0 Å². The minimum Gasteiger partial charge on any atom is -0.312 e. The van der Waals surface area contributed by atoms with E-state index in [0.717, 1.165) is 0 Å². The van der Waals surface area contributed by atoms with Gasteiger partial charge in [0.05, 0.1) is 0 Å². The Morgan fingerprint density at radius 1 is 1.10 bits per heavy atom. The summed E-state index contributed by atoms with van der Waals surface area (Å²) in [4.78, 5) is 0. The SMILES string of the molecule is CCC[C@H](C)N[C@H](C)CC. The van der Waals surface area contributed by atoms with E-state index in [1.54, 1.807) is 0 Å². The van der Waals surface area contributed by atoms with Crippen molar-refractivity contribution in [2.75, 3.05) is 0 Å². The van der Waals surface area contributed by atoms with Crippen LogP contribution in [-0.4, -0.2) is 12.1 Å². The number of hydrogen-bond donors (Lipinski definition) is 1. The Kier molecular flexibility index (Phi) is 5.70. The summed E-state index contributed by atoms with van der Waals surface area (Å²) in [7, 11) is 0. The van der Waals surface area contributed by atoms with E-state index < -0.39 is 0 Å². The Bertz CT molecular complexity index is 71.1. The maximum absolute atomic E-state index is 3.53. The lowest BCUT2D eigenvalue weighted by Gasteiger charge is -2.17. The summed E-state index contributed by atoms with van der Waals surface area (Å²) >= 11 is 0. The molecule has 0 fully saturated rings. The van der Waals surface area contributed by atoms with Crippen molar-refractivity contribution in [2.45, 2.75) is 59.0 Å². The van der Waals surface area contributed by atoms with Crippen LogP contribution in [0.15, 0.2) is 0 Å². The van der Waals surface area contributed by atoms with Crippen molar-refractivity contribution in [3.8, 4) is 0 Å². The van der Waals surface area contributed by atoms with E-state index in [9.17, 15) is 0 Å². The third-order valence-corrected chi connectivity index (χ3v) is 1.90. The van der Waals surface area contributed by atoms with Crippen LogP contribution in [0.25, 0.3) is 0 Å². The zero-order valence-electron chi connectivity index (χ0n) is 7.78. The highest BCUT2D eigenvalue weighted by Crippen LogP contribution is 1.98. The van der Waals surface area contributed by atoms with Gasteiger partial charge in [-0.15, -0.1) is 0 Å². The number of rotatable bonds is 5. The van der Waals surface area contributed by atoms with Crippen molar-refractivity contribution in [3.63, 3.8) is 0 Å². The molecule has 0 bridgehead atoms. The van der Waals surface area contributed by atoms with Crippen molar-refractivity contribution in [1.29, 1.82) is 0 Å². The van der Waals surface area contributed by atoms with Crippen LogP contribution in [-0.2, 0) is 0 Å². The van der Waals surface area contributed by atoms with Crippen LogP contribution in [0.3, 0.4) is 0 Å². The molecule has 0 aromatic heterocycles. The fourth-order valence-electron chi connectivity index (χ4n) is 1.12. The molecule has 62 valence electrons. The molecule has 2 atom stereocenters. The van der Waals surface area contributed by atoms with E-state index in [0.29, 0.717) is 12.1 Å². The van der Waals surface area contributed by atoms with Crippen molar-refractivity contribution in [2.24, 2.45) is 0 Å². The zero-order valence-corrected chi connectivity index (χ0v) is 7.78. The van der Waals surface area contributed by atoms with Crippen LogP contribution in [0.1, 0.15) is 47.0 Å². The standard InChI is InChI=1S/C9H21N/c1-5-7-9(4)10-8(3)6-2/h8-10H,5-7H2,1-4H3/t8-,9+/m1/s1. The molecular formula is C9H21N. The van der Waals surface area contributed by atoms with Crippen molar-refractivity contribution >= 4 is 0 Å². The normalized spacial score (nSPS) is 16.8. The molecule has 0 saturated carbocycles. The van der Waals surface area contributed by atoms with E-state index in [1.165, 1.54) is 19.3 Å². The highest BCUT2D eigenvalue weighted by molar-refractivity contribution is 4.64. The summed E-state index contributed by atoms with van der Waals surface area (Å²) in [5, 5.41) is 3.53. The topological polar surface area (TPSA) is 12.0 Å². The minimum atomic E-state index is 0.682. The summed E-state index contributed by atoms with van der Waals surface area (Å²) in [6, 6.07) is 1.38. The molecule has 0 amide bonds. The summed E-state index contributed by atoms with van der Waals surface area (Å²) < 4.78 is 0. The first-order chi connectivity index (χ1) is 4.70. The molecule has 0 saturated heterocycles. The van der Waals surface area contributed by atoms with Crippen LogP contribution in [0.5, 0.6) is 0 Å². The van der Waals surface area contributed by atoms with E-state index >= 15 is 0 Å². The predicted molar refractivity (Wildman–Crippen MR) is 47.3 cm³/mol. The Morgan fingerprint density at radius 3 is 2.10 bits per heavy atom. The number of hydrogen-bond acceptors (Lipinski definition) is 1. The fraction of sp³-hybridized carbons (Fsp3) is 1.00. The summed E-state index contributed by atoms with van der Waals surface area (Å²) in [6.45, 7) is 8.95. The quantitative estimate of drug-likeness (QED) is 0.623. The maximum atomic E-state index is 3.53. The molecule has 1 heteroatoms. The molecular weight excluding hydrogens is 122 g/mol. The highest BCUT2D eigenvalue weighted by Gasteiger charge is 2.02. The van der Waals surface area contributed by atoms with E-state index in [4.69, 9.17) is 0 Å². The van der Waals surface area contributed by atoms with Crippen LogP contribution in [0.2, 0.25) is 0 Å². The molecule has 0 aliphatic rings. The Hall–Kier alpha value is -0.0400. The minimum absolute atomic E-state index is 0.682. The third kappa shape index (κ3) is 4.80. The Labute approximate surface area is 65.2 Å². The highest BCUT2D eigenvalue weighted by atomic mass is 14.9. The van der Waals surface area contributed by atoms with Gasteiger partial charge in [-0.1, -0.05) is 20.3 Å². The van der Waals surface area contributed by atoms with E-state index in [1.807, 2.05) is 0 Å². The average Bonchev–Trinajstić information content (AvgIpc) is 1.88. The van der Waals surface area contributed by atoms with Crippen LogP contribution >= 0.6 is 0 Å². The largest absolute Gasteiger partial charge is 0.312 e. The van der Waals surface area contributed by atoms with Gasteiger partial charge < -0.3 is 5.32 Å². The first-order valence-electron chi connectivity index (χ1n) is 4.46. The Balaban J connectivity index is 3.27. The molecule has 0 aliphatic carbocycles. The molecule has 1 nitrogen and oxygen atoms in total. The lowest BCUT2D eigenvalue weighted by Crippen LogP contribution is -2.33. The first-order valence-corrected chi connectivity index (χ1v) is 4.46. The molecule has 0 radical (unpaired) electrons. The molecule has 0 aromatic carbocycles. The molecule has 1 N–H and O–H groups in total. The third-order valence-electron chi connectivity index (χ3n) is 1.90. The second-order valence-electron chi connectivity index (χ2n) is 3.17. The monoisotopic (exact) mass is 143 g/mol. The second-order valence-corrected chi connectivity index (χ2v) is 3.17. The van der Waals surface area contributed by atoms with Crippen LogP contribution < -0.4 is 5.32 Å². The molecule has 0 heterocycles. The van der Waals surface area contributed by atoms with Gasteiger partial charge >= 0.3 is 0 Å². The predicted octanol–water partition coefficient (Wildman–Crippen LogP) is 2.56. The summed E-state index contributed by atoms with van der Waals surface area (Å²) in [5.41, 5.74) is 0. The van der Waals surface area contributed by atoms with Gasteiger partial charge in [-0.05, 0) is 26.7 Å². The molecule has 0 rings (SSSR count). The molecule has 10 heavy (non-hydrogen) atoms. The Morgan fingerprint density at radius 2 is 1.70 bits per heavy atom. The lowest BCUT2D eigenvalue weighted by molar-refractivity contribution is 0.435. The second kappa shape index (κ2) is 5.72. The van der Waals surface area contributed by atoms with Gasteiger partial charge in [0.15, 0.2) is 0 Å². The molecule has 0 unspecified atom stereocenters. The smallest absolute Gasteiger partial charge is 0.00410 e. The van der Waals surface area contributed by atoms with Gasteiger partial charge in [0.2, 0.25) is 0 Å². The van der Waals surface area contributed by atoms with Gasteiger partial charge in [0.1, 0.15) is 0 Å². The summed E-state index contributed by atoms with van der Waals surface area (Å²) in [5.74, 6) is 0.